The van der Waals surface area contributed by atoms with Crippen LogP contribution < -0.4 is 9.62 Å². The molecule has 0 radical (unpaired) electrons. The van der Waals surface area contributed by atoms with Gasteiger partial charge in [-0.15, -0.1) is 0 Å². The van der Waals surface area contributed by atoms with Crippen LogP contribution in [0.5, 0.6) is 0 Å². The van der Waals surface area contributed by atoms with Crippen molar-refractivity contribution in [3.05, 3.63) is 78.4 Å². The molecule has 3 aromatic rings. The van der Waals surface area contributed by atoms with E-state index < -0.39 is 10.0 Å². The molecule has 1 aliphatic heterocycles. The molecule has 0 aromatic heterocycles. The summed E-state index contributed by atoms with van der Waals surface area (Å²) in [6.45, 7) is 2.51. The van der Waals surface area contributed by atoms with Crippen molar-refractivity contribution >= 4 is 27.3 Å². The molecule has 0 unspecified atom stereocenters. The van der Waals surface area contributed by atoms with Crippen LogP contribution in [0, 0.1) is 6.92 Å². The highest BCUT2D eigenvalue weighted by atomic mass is 32.2. The lowest BCUT2D eigenvalue weighted by atomic mass is 10.0. The van der Waals surface area contributed by atoms with E-state index in [0.717, 1.165) is 28.8 Å². The summed E-state index contributed by atoms with van der Waals surface area (Å²) >= 11 is 0. The van der Waals surface area contributed by atoms with Gasteiger partial charge in [0.05, 0.1) is 10.6 Å². The molecule has 0 aliphatic carbocycles. The molecule has 1 heterocycles. The third-order valence-corrected chi connectivity index (χ3v) is 6.46. The van der Waals surface area contributed by atoms with Crippen LogP contribution >= 0.6 is 0 Å². The van der Waals surface area contributed by atoms with E-state index in [2.05, 4.69) is 4.72 Å². The van der Waals surface area contributed by atoms with Crippen LogP contribution in [0.25, 0.3) is 11.1 Å². The first-order chi connectivity index (χ1) is 14.0. The Morgan fingerprint density at radius 1 is 0.931 bits per heavy atom. The number of amides is 1. The van der Waals surface area contributed by atoms with Gasteiger partial charge in [-0.1, -0.05) is 48.5 Å². The van der Waals surface area contributed by atoms with Gasteiger partial charge < -0.3 is 4.90 Å². The zero-order valence-electron chi connectivity index (χ0n) is 16.1. The molecule has 1 aliphatic rings. The summed E-state index contributed by atoms with van der Waals surface area (Å²) in [5.41, 5.74) is 3.81. The van der Waals surface area contributed by atoms with Crippen LogP contribution in [0.1, 0.15) is 18.4 Å². The fourth-order valence-corrected chi connectivity index (χ4v) is 4.81. The Kier molecular flexibility index (Phi) is 5.11. The number of hydrogen-bond acceptors (Lipinski definition) is 3. The van der Waals surface area contributed by atoms with Gasteiger partial charge in [0.25, 0.3) is 10.0 Å². The van der Waals surface area contributed by atoms with Crippen molar-refractivity contribution < 1.29 is 13.2 Å². The van der Waals surface area contributed by atoms with Crippen molar-refractivity contribution in [1.29, 1.82) is 0 Å². The molecular formula is C23H22N2O3S. The minimum absolute atomic E-state index is 0.0821. The largest absolute Gasteiger partial charge is 0.312 e. The SMILES string of the molecule is Cc1cc(S(=O)(=O)Nc2ccccc2-c2ccccc2)ccc1N1CCCC1=O. The van der Waals surface area contributed by atoms with Crippen molar-refractivity contribution in [3.63, 3.8) is 0 Å². The van der Waals surface area contributed by atoms with Gasteiger partial charge in [-0.2, -0.15) is 0 Å². The fourth-order valence-electron chi connectivity index (χ4n) is 3.65. The first-order valence-electron chi connectivity index (χ1n) is 9.54. The van der Waals surface area contributed by atoms with Gasteiger partial charge in [0.2, 0.25) is 5.91 Å². The maximum atomic E-state index is 13.0. The molecule has 0 spiro atoms. The maximum Gasteiger partial charge on any atom is 0.261 e. The number of benzene rings is 3. The van der Waals surface area contributed by atoms with E-state index in [-0.39, 0.29) is 10.8 Å². The molecule has 0 atom stereocenters. The molecule has 1 saturated heterocycles. The van der Waals surface area contributed by atoms with Gasteiger partial charge in [-0.3, -0.25) is 9.52 Å². The number of para-hydroxylation sites is 1. The van der Waals surface area contributed by atoms with Crippen LogP contribution in [-0.4, -0.2) is 20.9 Å². The lowest BCUT2D eigenvalue weighted by Gasteiger charge is -2.19. The van der Waals surface area contributed by atoms with Gasteiger partial charge in [-0.05, 0) is 48.7 Å². The molecule has 3 aromatic carbocycles. The van der Waals surface area contributed by atoms with Gasteiger partial charge in [-0.25, -0.2) is 8.42 Å². The highest BCUT2D eigenvalue weighted by molar-refractivity contribution is 7.92. The molecule has 5 nitrogen and oxygen atoms in total. The Balaban J connectivity index is 1.65. The highest BCUT2D eigenvalue weighted by Crippen LogP contribution is 2.31. The second-order valence-electron chi connectivity index (χ2n) is 7.11. The number of aryl methyl sites for hydroxylation is 1. The number of carbonyl (C=O) groups excluding carboxylic acids is 1. The number of nitrogens with one attached hydrogen (secondary N) is 1. The Hall–Kier alpha value is -3.12. The zero-order valence-corrected chi connectivity index (χ0v) is 16.9. The summed E-state index contributed by atoms with van der Waals surface area (Å²) in [7, 11) is -3.77. The minimum Gasteiger partial charge on any atom is -0.312 e. The van der Waals surface area contributed by atoms with E-state index in [1.165, 1.54) is 0 Å². The van der Waals surface area contributed by atoms with Crippen molar-refractivity contribution in [1.82, 2.24) is 0 Å². The number of nitrogens with zero attached hydrogens (tertiary/aromatic N) is 1. The Labute approximate surface area is 171 Å². The number of rotatable bonds is 5. The van der Waals surface area contributed by atoms with E-state index in [1.807, 2.05) is 49.4 Å². The van der Waals surface area contributed by atoms with Gasteiger partial charge in [0.1, 0.15) is 0 Å². The van der Waals surface area contributed by atoms with Crippen molar-refractivity contribution in [2.24, 2.45) is 0 Å². The van der Waals surface area contributed by atoms with E-state index in [1.54, 1.807) is 35.2 Å². The van der Waals surface area contributed by atoms with Crippen LogP contribution in [0.3, 0.4) is 0 Å². The third-order valence-electron chi connectivity index (χ3n) is 5.10. The average Bonchev–Trinajstić information content (AvgIpc) is 3.14. The highest BCUT2D eigenvalue weighted by Gasteiger charge is 2.24. The molecular weight excluding hydrogens is 384 g/mol. The maximum absolute atomic E-state index is 13.0. The standard InChI is InChI=1S/C23H22N2O3S/c1-17-16-19(13-14-22(17)25-15-7-12-23(25)26)29(27,28)24-21-11-6-5-10-20(21)18-8-3-2-4-9-18/h2-6,8-11,13-14,16,24H,7,12,15H2,1H3. The summed E-state index contributed by atoms with van der Waals surface area (Å²) in [6, 6.07) is 21.9. The summed E-state index contributed by atoms with van der Waals surface area (Å²) < 4.78 is 28.8. The van der Waals surface area contributed by atoms with Crippen LogP contribution in [0.4, 0.5) is 11.4 Å². The number of carbonyl (C=O) groups is 1. The quantitative estimate of drug-likeness (QED) is 0.674. The lowest BCUT2D eigenvalue weighted by Crippen LogP contribution is -2.24. The molecule has 4 rings (SSSR count). The molecule has 6 heteroatoms. The Bertz CT molecular complexity index is 1160. The average molecular weight is 407 g/mol. The molecule has 148 valence electrons. The normalized spacial score (nSPS) is 14.2. The van der Waals surface area contributed by atoms with E-state index >= 15 is 0 Å². The monoisotopic (exact) mass is 406 g/mol. The van der Waals surface area contributed by atoms with E-state index in [0.29, 0.717) is 18.7 Å². The summed E-state index contributed by atoms with van der Waals surface area (Å²) in [5, 5.41) is 0. The first-order valence-corrected chi connectivity index (χ1v) is 11.0. The number of hydrogen-bond donors (Lipinski definition) is 1. The predicted molar refractivity (Wildman–Crippen MR) is 115 cm³/mol. The molecule has 1 N–H and O–H groups in total. The predicted octanol–water partition coefficient (Wildman–Crippen LogP) is 4.59. The first kappa shape index (κ1) is 19.2. The molecule has 0 saturated carbocycles. The topological polar surface area (TPSA) is 66.5 Å². The summed E-state index contributed by atoms with van der Waals surface area (Å²) in [6.07, 6.45) is 1.37. The minimum atomic E-state index is -3.77. The Morgan fingerprint density at radius 2 is 1.66 bits per heavy atom. The van der Waals surface area contributed by atoms with Crippen molar-refractivity contribution in [3.8, 4) is 11.1 Å². The third kappa shape index (κ3) is 3.89. The molecule has 1 fully saturated rings. The smallest absolute Gasteiger partial charge is 0.261 e. The second-order valence-corrected chi connectivity index (χ2v) is 8.80. The summed E-state index contributed by atoms with van der Waals surface area (Å²) in [4.78, 5) is 13.9. The molecule has 0 bridgehead atoms. The van der Waals surface area contributed by atoms with Crippen molar-refractivity contribution in [2.75, 3.05) is 16.2 Å². The van der Waals surface area contributed by atoms with Gasteiger partial charge in [0, 0.05) is 24.2 Å². The Morgan fingerprint density at radius 3 is 2.34 bits per heavy atom. The van der Waals surface area contributed by atoms with Crippen LogP contribution in [-0.2, 0) is 14.8 Å². The number of anilines is 2. The van der Waals surface area contributed by atoms with Crippen LogP contribution in [0.15, 0.2) is 77.7 Å². The molecule has 29 heavy (non-hydrogen) atoms. The zero-order chi connectivity index (χ0) is 20.4. The fraction of sp³-hybridized carbons (Fsp3) is 0.174. The van der Waals surface area contributed by atoms with Crippen LogP contribution in [0.2, 0.25) is 0 Å². The molecule has 1 amide bonds. The van der Waals surface area contributed by atoms with E-state index in [4.69, 9.17) is 0 Å². The van der Waals surface area contributed by atoms with Crippen molar-refractivity contribution in [2.45, 2.75) is 24.7 Å². The van der Waals surface area contributed by atoms with Gasteiger partial charge >= 0.3 is 0 Å². The second kappa shape index (κ2) is 7.72. The lowest BCUT2D eigenvalue weighted by molar-refractivity contribution is -0.117. The number of sulfonamides is 1. The van der Waals surface area contributed by atoms with Gasteiger partial charge in [0.15, 0.2) is 0 Å². The van der Waals surface area contributed by atoms with E-state index in [9.17, 15) is 13.2 Å². The summed E-state index contributed by atoms with van der Waals surface area (Å²) in [5.74, 6) is 0.0821.